The maximum atomic E-state index is 12.5. The molecule has 0 radical (unpaired) electrons. The third-order valence-electron chi connectivity index (χ3n) is 5.11. The number of hydrogen-bond donors (Lipinski definition) is 1. The molecule has 9 heteroatoms. The molecule has 2 aromatic rings. The Kier molecular flexibility index (Phi) is 5.41. The molecule has 3 heterocycles. The van der Waals surface area contributed by atoms with Crippen LogP contribution in [0.5, 0.6) is 0 Å². The van der Waals surface area contributed by atoms with E-state index in [0.717, 1.165) is 29.2 Å². The van der Waals surface area contributed by atoms with Gasteiger partial charge in [-0.25, -0.2) is 13.1 Å². The third-order valence-corrected chi connectivity index (χ3v) is 6.86. The van der Waals surface area contributed by atoms with E-state index < -0.39 is 9.84 Å². The second kappa shape index (κ2) is 7.46. The van der Waals surface area contributed by atoms with E-state index in [1.165, 1.54) is 0 Å². The largest absolute Gasteiger partial charge is 0.311 e. The molecule has 0 spiro atoms. The summed E-state index contributed by atoms with van der Waals surface area (Å²) in [5, 5.41) is 11.8. The van der Waals surface area contributed by atoms with Crippen LogP contribution in [0.1, 0.15) is 48.5 Å². The molecule has 1 fully saturated rings. The van der Waals surface area contributed by atoms with Gasteiger partial charge in [0.25, 0.3) is 0 Å². The van der Waals surface area contributed by atoms with Crippen LogP contribution in [0.25, 0.3) is 0 Å². The van der Waals surface area contributed by atoms with Gasteiger partial charge in [0.05, 0.1) is 28.9 Å². The van der Waals surface area contributed by atoms with Gasteiger partial charge < -0.3 is 5.32 Å². The highest BCUT2D eigenvalue weighted by molar-refractivity contribution is 7.91. The van der Waals surface area contributed by atoms with Crippen LogP contribution in [-0.2, 0) is 27.6 Å². The zero-order valence-corrected chi connectivity index (χ0v) is 17.1. The number of sulfone groups is 1. The van der Waals surface area contributed by atoms with Crippen molar-refractivity contribution < 1.29 is 13.2 Å². The first-order valence-corrected chi connectivity index (χ1v) is 11.1. The van der Waals surface area contributed by atoms with Gasteiger partial charge in [-0.3, -0.25) is 9.48 Å². The van der Waals surface area contributed by atoms with E-state index in [9.17, 15) is 13.2 Å². The van der Waals surface area contributed by atoms with Gasteiger partial charge in [-0.05, 0) is 46.1 Å². The Labute approximate surface area is 159 Å². The smallest absolute Gasteiger partial charge is 0.225 e. The van der Waals surface area contributed by atoms with E-state index in [0.29, 0.717) is 25.1 Å². The van der Waals surface area contributed by atoms with Gasteiger partial charge in [0.2, 0.25) is 5.91 Å². The molecule has 1 aliphatic heterocycles. The zero-order chi connectivity index (χ0) is 19.8. The summed E-state index contributed by atoms with van der Waals surface area (Å²) in [5.74, 6) is 0.701. The summed E-state index contributed by atoms with van der Waals surface area (Å²) in [4.78, 5) is 12.5. The zero-order valence-electron chi connectivity index (χ0n) is 16.3. The molecule has 27 heavy (non-hydrogen) atoms. The van der Waals surface area contributed by atoms with Crippen molar-refractivity contribution in [2.45, 2.75) is 59.5 Å². The molecule has 0 bridgehead atoms. The highest BCUT2D eigenvalue weighted by atomic mass is 32.2. The molecule has 1 saturated heterocycles. The molecular weight excluding hydrogens is 366 g/mol. The monoisotopic (exact) mass is 393 g/mol. The minimum Gasteiger partial charge on any atom is -0.311 e. The van der Waals surface area contributed by atoms with Crippen LogP contribution in [0.15, 0.2) is 6.07 Å². The Morgan fingerprint density at radius 3 is 2.63 bits per heavy atom. The number of nitrogens with one attached hydrogen (secondary N) is 1. The van der Waals surface area contributed by atoms with Gasteiger partial charge in [0, 0.05) is 24.7 Å². The lowest BCUT2D eigenvalue weighted by Gasteiger charge is -2.13. The maximum absolute atomic E-state index is 12.5. The van der Waals surface area contributed by atoms with Crippen molar-refractivity contribution in [3.63, 3.8) is 0 Å². The van der Waals surface area contributed by atoms with Crippen molar-refractivity contribution in [1.29, 1.82) is 0 Å². The fourth-order valence-electron chi connectivity index (χ4n) is 3.70. The minimum atomic E-state index is -3.02. The Morgan fingerprint density at radius 1 is 1.30 bits per heavy atom. The fourth-order valence-corrected chi connectivity index (χ4v) is 5.40. The van der Waals surface area contributed by atoms with Gasteiger partial charge >= 0.3 is 0 Å². The lowest BCUT2D eigenvalue weighted by atomic mass is 10.1. The van der Waals surface area contributed by atoms with Crippen molar-refractivity contribution in [2.75, 3.05) is 16.8 Å². The highest BCUT2D eigenvalue weighted by Gasteiger charge is 2.31. The number of carbonyl (C=O) groups is 1. The molecule has 1 atom stereocenters. The van der Waals surface area contributed by atoms with E-state index in [4.69, 9.17) is 0 Å². The number of rotatable bonds is 6. The van der Waals surface area contributed by atoms with Gasteiger partial charge in [-0.1, -0.05) is 0 Å². The quantitative estimate of drug-likeness (QED) is 0.809. The Balaban J connectivity index is 1.68. The molecule has 0 aliphatic carbocycles. The van der Waals surface area contributed by atoms with E-state index in [1.807, 2.05) is 32.4 Å². The van der Waals surface area contributed by atoms with E-state index in [-0.39, 0.29) is 23.5 Å². The first-order valence-electron chi connectivity index (χ1n) is 9.29. The second-order valence-electron chi connectivity index (χ2n) is 7.19. The number of aryl methyl sites for hydroxylation is 3. The summed E-state index contributed by atoms with van der Waals surface area (Å²) in [6.07, 6.45) is 1.49. The SMILES string of the molecule is CCn1nc(C)c(CCC(=O)Nc2cc(C)nn2[C@H]2CCS(=O)(=O)C2)c1C. The molecule has 3 rings (SSSR count). The van der Waals surface area contributed by atoms with Gasteiger partial charge in [0.15, 0.2) is 9.84 Å². The summed E-state index contributed by atoms with van der Waals surface area (Å²) in [5.41, 5.74) is 3.92. The summed E-state index contributed by atoms with van der Waals surface area (Å²) in [6.45, 7) is 8.67. The summed E-state index contributed by atoms with van der Waals surface area (Å²) in [6, 6.07) is 1.57. The lowest BCUT2D eigenvalue weighted by Crippen LogP contribution is -2.20. The summed E-state index contributed by atoms with van der Waals surface area (Å²) >= 11 is 0. The first kappa shape index (κ1) is 19.6. The average molecular weight is 394 g/mol. The predicted octanol–water partition coefficient (Wildman–Crippen LogP) is 1.96. The van der Waals surface area contributed by atoms with Crippen molar-refractivity contribution >= 4 is 21.6 Å². The van der Waals surface area contributed by atoms with E-state index in [1.54, 1.807) is 10.7 Å². The maximum Gasteiger partial charge on any atom is 0.225 e. The Hall–Kier alpha value is -2.16. The molecule has 8 nitrogen and oxygen atoms in total. The number of hydrogen-bond acceptors (Lipinski definition) is 5. The standard InChI is InChI=1S/C18H27N5O3S/c1-5-22-14(4)16(13(3)21-22)6-7-18(24)19-17-10-12(2)20-23(17)15-8-9-27(25,26)11-15/h10,15H,5-9,11H2,1-4H3,(H,19,24)/t15-/m0/s1. The number of amides is 1. The topological polar surface area (TPSA) is 98.9 Å². The molecule has 0 unspecified atom stereocenters. The molecule has 148 valence electrons. The van der Waals surface area contributed by atoms with Crippen LogP contribution in [0.2, 0.25) is 0 Å². The van der Waals surface area contributed by atoms with Crippen molar-refractivity contribution in [2.24, 2.45) is 0 Å². The normalized spacial score (nSPS) is 18.7. The minimum absolute atomic E-state index is 0.0750. The second-order valence-corrected chi connectivity index (χ2v) is 9.41. The van der Waals surface area contributed by atoms with Crippen molar-refractivity contribution in [1.82, 2.24) is 19.6 Å². The van der Waals surface area contributed by atoms with Crippen LogP contribution in [0, 0.1) is 20.8 Å². The average Bonchev–Trinajstić information content (AvgIpc) is 3.21. The third kappa shape index (κ3) is 4.23. The molecule has 1 N–H and O–H groups in total. The Morgan fingerprint density at radius 2 is 2.04 bits per heavy atom. The molecule has 1 aliphatic rings. The van der Waals surface area contributed by atoms with Gasteiger partial charge in [0.1, 0.15) is 5.82 Å². The predicted molar refractivity (Wildman–Crippen MR) is 104 cm³/mol. The van der Waals surface area contributed by atoms with Crippen LogP contribution in [0.4, 0.5) is 5.82 Å². The van der Waals surface area contributed by atoms with Crippen LogP contribution < -0.4 is 5.32 Å². The first-order chi connectivity index (χ1) is 12.7. The van der Waals surface area contributed by atoms with Crippen LogP contribution in [0.3, 0.4) is 0 Å². The number of nitrogens with zero attached hydrogens (tertiary/aromatic N) is 4. The number of carbonyl (C=O) groups excluding carboxylic acids is 1. The van der Waals surface area contributed by atoms with Gasteiger partial charge in [-0.2, -0.15) is 10.2 Å². The number of anilines is 1. The van der Waals surface area contributed by atoms with Gasteiger partial charge in [-0.15, -0.1) is 0 Å². The van der Waals surface area contributed by atoms with Crippen molar-refractivity contribution in [3.05, 3.63) is 28.7 Å². The molecule has 2 aromatic heterocycles. The number of aromatic nitrogens is 4. The molecular formula is C18H27N5O3S. The summed E-state index contributed by atoms with van der Waals surface area (Å²) < 4.78 is 27.1. The lowest BCUT2D eigenvalue weighted by molar-refractivity contribution is -0.116. The highest BCUT2D eigenvalue weighted by Crippen LogP contribution is 2.27. The molecule has 0 saturated carbocycles. The molecule has 0 aromatic carbocycles. The Bertz CT molecular complexity index is 958. The summed E-state index contributed by atoms with van der Waals surface area (Å²) in [7, 11) is -3.02. The van der Waals surface area contributed by atoms with E-state index in [2.05, 4.69) is 15.5 Å². The fraction of sp³-hybridized carbons (Fsp3) is 0.611. The van der Waals surface area contributed by atoms with Crippen molar-refractivity contribution in [3.8, 4) is 0 Å². The van der Waals surface area contributed by atoms with Crippen LogP contribution >= 0.6 is 0 Å². The van der Waals surface area contributed by atoms with Crippen LogP contribution in [-0.4, -0.2) is 45.4 Å². The molecule has 1 amide bonds. The van der Waals surface area contributed by atoms with E-state index >= 15 is 0 Å².